The Morgan fingerprint density at radius 1 is 1.39 bits per heavy atom. The van der Waals surface area contributed by atoms with Gasteiger partial charge in [-0.25, -0.2) is 9.48 Å². The molecular formula is C12H9ClN2O3. The van der Waals surface area contributed by atoms with E-state index in [1.165, 1.54) is 18.0 Å². The van der Waals surface area contributed by atoms with E-state index in [0.29, 0.717) is 17.0 Å². The van der Waals surface area contributed by atoms with Gasteiger partial charge in [0, 0.05) is 11.2 Å². The van der Waals surface area contributed by atoms with Crippen LogP contribution in [-0.2, 0) is 4.74 Å². The van der Waals surface area contributed by atoms with Crippen molar-refractivity contribution in [2.45, 2.75) is 0 Å². The average molecular weight is 265 g/mol. The number of ether oxygens (including phenoxy) is 1. The summed E-state index contributed by atoms with van der Waals surface area (Å²) in [4.78, 5) is 22.3. The third-order valence-electron chi connectivity index (χ3n) is 2.34. The van der Waals surface area contributed by atoms with Crippen LogP contribution in [0.5, 0.6) is 0 Å². The van der Waals surface area contributed by atoms with Crippen molar-refractivity contribution in [3.05, 3.63) is 46.7 Å². The first-order valence-electron chi connectivity index (χ1n) is 5.05. The Kier molecular flexibility index (Phi) is 3.43. The Morgan fingerprint density at radius 3 is 2.61 bits per heavy atom. The second-order valence-corrected chi connectivity index (χ2v) is 3.90. The molecule has 0 spiro atoms. The van der Waals surface area contributed by atoms with Gasteiger partial charge in [0.1, 0.15) is 0 Å². The van der Waals surface area contributed by atoms with E-state index in [9.17, 15) is 9.59 Å². The second kappa shape index (κ2) is 5.01. The van der Waals surface area contributed by atoms with Gasteiger partial charge in [-0.15, -0.1) is 0 Å². The summed E-state index contributed by atoms with van der Waals surface area (Å²) in [7, 11) is 1.23. The summed E-state index contributed by atoms with van der Waals surface area (Å²) < 4.78 is 5.98. The van der Waals surface area contributed by atoms with Crippen molar-refractivity contribution >= 4 is 23.9 Å². The lowest BCUT2D eigenvalue weighted by Crippen LogP contribution is -2.05. The first-order chi connectivity index (χ1) is 8.65. The molecule has 0 aliphatic rings. The number of esters is 1. The van der Waals surface area contributed by atoms with Crippen molar-refractivity contribution in [1.82, 2.24) is 9.78 Å². The predicted molar refractivity (Wildman–Crippen MR) is 65.3 cm³/mol. The van der Waals surface area contributed by atoms with E-state index >= 15 is 0 Å². The number of carbonyl (C=O) groups is 2. The van der Waals surface area contributed by atoms with Crippen molar-refractivity contribution in [2.75, 3.05) is 7.11 Å². The largest absolute Gasteiger partial charge is 0.464 e. The van der Waals surface area contributed by atoms with Crippen molar-refractivity contribution in [3.8, 4) is 5.69 Å². The number of hydrogen-bond donors (Lipinski definition) is 0. The van der Waals surface area contributed by atoms with Crippen LogP contribution in [0.15, 0.2) is 30.5 Å². The number of hydrogen-bond acceptors (Lipinski definition) is 4. The summed E-state index contributed by atoms with van der Waals surface area (Å²) in [5, 5.41) is 4.61. The topological polar surface area (TPSA) is 61.2 Å². The molecule has 0 radical (unpaired) electrons. The van der Waals surface area contributed by atoms with Gasteiger partial charge in [0.2, 0.25) is 0 Å². The van der Waals surface area contributed by atoms with Crippen molar-refractivity contribution in [3.63, 3.8) is 0 Å². The quantitative estimate of drug-likeness (QED) is 0.629. The second-order valence-electron chi connectivity index (χ2n) is 3.46. The van der Waals surface area contributed by atoms with Gasteiger partial charge in [-0.2, -0.15) is 5.10 Å². The highest BCUT2D eigenvalue weighted by molar-refractivity contribution is 6.30. The van der Waals surface area contributed by atoms with Crippen LogP contribution in [0, 0.1) is 0 Å². The van der Waals surface area contributed by atoms with Crippen LogP contribution in [0.2, 0.25) is 5.02 Å². The highest BCUT2D eigenvalue weighted by Gasteiger charge is 2.17. The molecule has 5 nitrogen and oxygen atoms in total. The van der Waals surface area contributed by atoms with E-state index in [-0.39, 0.29) is 11.3 Å². The van der Waals surface area contributed by atoms with E-state index in [0.717, 1.165) is 0 Å². The zero-order valence-electron chi connectivity index (χ0n) is 9.46. The van der Waals surface area contributed by atoms with Crippen LogP contribution in [0.4, 0.5) is 0 Å². The zero-order valence-corrected chi connectivity index (χ0v) is 10.2. The van der Waals surface area contributed by atoms with Gasteiger partial charge in [-0.05, 0) is 24.3 Å². The standard InChI is InChI=1S/C12H9ClN2O3/c1-18-12(17)11-8(7-16)6-15(14-11)10-4-2-9(13)3-5-10/h2-7H,1H3. The number of aromatic nitrogens is 2. The summed E-state index contributed by atoms with van der Waals surface area (Å²) in [6.07, 6.45) is 2.02. The number of aldehydes is 1. The molecule has 0 unspecified atom stereocenters. The predicted octanol–water partition coefficient (Wildman–Crippen LogP) is 2.12. The fourth-order valence-electron chi connectivity index (χ4n) is 1.45. The Hall–Kier alpha value is -2.14. The number of rotatable bonds is 3. The highest BCUT2D eigenvalue weighted by atomic mass is 35.5. The first-order valence-corrected chi connectivity index (χ1v) is 5.42. The van der Waals surface area contributed by atoms with Gasteiger partial charge in [-0.1, -0.05) is 11.6 Å². The molecule has 2 aromatic rings. The molecule has 0 saturated heterocycles. The Morgan fingerprint density at radius 2 is 2.06 bits per heavy atom. The van der Waals surface area contributed by atoms with Gasteiger partial charge in [-0.3, -0.25) is 4.79 Å². The minimum Gasteiger partial charge on any atom is -0.464 e. The lowest BCUT2D eigenvalue weighted by molar-refractivity contribution is 0.0591. The van der Waals surface area contributed by atoms with Gasteiger partial charge in [0.05, 0.1) is 18.4 Å². The van der Waals surface area contributed by atoms with Crippen molar-refractivity contribution in [2.24, 2.45) is 0 Å². The van der Waals surface area contributed by atoms with Gasteiger partial charge in [0.25, 0.3) is 0 Å². The van der Waals surface area contributed by atoms with E-state index in [1.54, 1.807) is 24.3 Å². The maximum Gasteiger partial charge on any atom is 0.359 e. The first kappa shape index (κ1) is 12.3. The molecule has 0 amide bonds. The number of methoxy groups -OCH3 is 1. The zero-order chi connectivity index (χ0) is 13.1. The SMILES string of the molecule is COC(=O)c1nn(-c2ccc(Cl)cc2)cc1C=O. The molecule has 1 aromatic carbocycles. The van der Waals surface area contributed by atoms with Crippen LogP contribution in [0.3, 0.4) is 0 Å². The molecule has 1 heterocycles. The third kappa shape index (κ3) is 2.26. The van der Waals surface area contributed by atoms with E-state index < -0.39 is 5.97 Å². The monoisotopic (exact) mass is 264 g/mol. The molecule has 18 heavy (non-hydrogen) atoms. The number of halogens is 1. The highest BCUT2D eigenvalue weighted by Crippen LogP contribution is 2.15. The Labute approximate surface area is 108 Å². The molecule has 0 aliphatic heterocycles. The molecule has 0 aliphatic carbocycles. The molecular weight excluding hydrogens is 256 g/mol. The molecule has 0 saturated carbocycles. The van der Waals surface area contributed by atoms with Crippen LogP contribution in [-0.4, -0.2) is 29.1 Å². The molecule has 0 fully saturated rings. The molecule has 1 aromatic heterocycles. The fourth-order valence-corrected chi connectivity index (χ4v) is 1.58. The number of benzene rings is 1. The van der Waals surface area contributed by atoms with Crippen molar-refractivity contribution in [1.29, 1.82) is 0 Å². The maximum absolute atomic E-state index is 11.4. The molecule has 92 valence electrons. The summed E-state index contributed by atoms with van der Waals surface area (Å²) >= 11 is 5.78. The van der Waals surface area contributed by atoms with Gasteiger partial charge < -0.3 is 4.74 Å². The number of nitrogens with zero attached hydrogens (tertiary/aromatic N) is 2. The van der Waals surface area contributed by atoms with Crippen molar-refractivity contribution < 1.29 is 14.3 Å². The van der Waals surface area contributed by atoms with Gasteiger partial charge in [0.15, 0.2) is 12.0 Å². The van der Waals surface area contributed by atoms with Crippen LogP contribution in [0.1, 0.15) is 20.8 Å². The van der Waals surface area contributed by atoms with Gasteiger partial charge >= 0.3 is 5.97 Å². The molecule has 0 N–H and O–H groups in total. The maximum atomic E-state index is 11.4. The summed E-state index contributed by atoms with van der Waals surface area (Å²) in [6.45, 7) is 0. The summed E-state index contributed by atoms with van der Waals surface area (Å²) in [5.41, 5.74) is 0.858. The number of carbonyl (C=O) groups excluding carboxylic acids is 2. The summed E-state index contributed by atoms with van der Waals surface area (Å²) in [5.74, 6) is -0.648. The summed E-state index contributed by atoms with van der Waals surface area (Å²) in [6, 6.07) is 6.84. The van der Waals surface area contributed by atoms with E-state index in [2.05, 4.69) is 9.84 Å². The molecule has 0 atom stereocenters. The minimum absolute atomic E-state index is 0.0116. The fraction of sp³-hybridized carbons (Fsp3) is 0.0833. The Bertz CT molecular complexity index is 590. The smallest absolute Gasteiger partial charge is 0.359 e. The molecule has 6 heteroatoms. The van der Waals surface area contributed by atoms with E-state index in [1.807, 2.05) is 0 Å². The van der Waals surface area contributed by atoms with Crippen LogP contribution in [0.25, 0.3) is 5.69 Å². The third-order valence-corrected chi connectivity index (χ3v) is 2.59. The molecule has 0 bridgehead atoms. The lowest BCUT2D eigenvalue weighted by atomic mass is 10.3. The minimum atomic E-state index is -0.648. The normalized spacial score (nSPS) is 10.1. The van der Waals surface area contributed by atoms with E-state index in [4.69, 9.17) is 11.6 Å². The average Bonchev–Trinajstić information content (AvgIpc) is 2.82. The van der Waals surface area contributed by atoms with Crippen LogP contribution >= 0.6 is 11.6 Å². The van der Waals surface area contributed by atoms with Crippen LogP contribution < -0.4 is 0 Å². The Balaban J connectivity index is 2.47. The molecule has 2 rings (SSSR count). The lowest BCUT2D eigenvalue weighted by Gasteiger charge is -2.00.